The molecule has 19 heavy (non-hydrogen) atoms. The van der Waals surface area contributed by atoms with Crippen LogP contribution in [0.1, 0.15) is 32.1 Å². The van der Waals surface area contributed by atoms with Crippen molar-refractivity contribution in [2.24, 2.45) is 5.73 Å². The SMILES string of the molecule is NC1(Nc2ncc3cc(Br)ccc3n2)CCCCC1. The second-order valence-electron chi connectivity index (χ2n) is 5.24. The average molecular weight is 321 g/mol. The molecule has 1 aliphatic rings. The lowest BCUT2D eigenvalue weighted by Crippen LogP contribution is -2.49. The summed E-state index contributed by atoms with van der Waals surface area (Å²) < 4.78 is 1.03. The van der Waals surface area contributed by atoms with E-state index < -0.39 is 0 Å². The number of aromatic nitrogens is 2. The molecule has 0 bridgehead atoms. The number of nitrogens with zero attached hydrogens (tertiary/aromatic N) is 2. The van der Waals surface area contributed by atoms with Gasteiger partial charge in [0.05, 0.1) is 11.2 Å². The van der Waals surface area contributed by atoms with Crippen molar-refractivity contribution in [2.75, 3.05) is 5.32 Å². The summed E-state index contributed by atoms with van der Waals surface area (Å²) in [6.45, 7) is 0. The summed E-state index contributed by atoms with van der Waals surface area (Å²) >= 11 is 3.45. The fourth-order valence-electron chi connectivity index (χ4n) is 2.59. The maximum absolute atomic E-state index is 6.36. The number of nitrogens with two attached hydrogens (primary N) is 1. The molecule has 1 saturated carbocycles. The van der Waals surface area contributed by atoms with Gasteiger partial charge in [-0.2, -0.15) is 0 Å². The number of hydrogen-bond acceptors (Lipinski definition) is 4. The molecule has 1 aliphatic carbocycles. The maximum atomic E-state index is 6.36. The molecular formula is C14H17BrN4. The van der Waals surface area contributed by atoms with Crippen molar-refractivity contribution in [1.82, 2.24) is 9.97 Å². The average Bonchev–Trinajstić information content (AvgIpc) is 2.39. The summed E-state index contributed by atoms with van der Waals surface area (Å²) in [4.78, 5) is 8.90. The first-order chi connectivity index (χ1) is 9.15. The predicted octanol–water partition coefficient (Wildman–Crippen LogP) is 3.42. The third-order valence-electron chi connectivity index (χ3n) is 3.65. The zero-order valence-corrected chi connectivity index (χ0v) is 12.3. The van der Waals surface area contributed by atoms with Crippen molar-refractivity contribution in [2.45, 2.75) is 37.8 Å². The Hall–Kier alpha value is -1.20. The molecule has 100 valence electrons. The van der Waals surface area contributed by atoms with Gasteiger partial charge in [0.15, 0.2) is 0 Å². The van der Waals surface area contributed by atoms with Crippen molar-refractivity contribution >= 4 is 32.8 Å². The summed E-state index contributed by atoms with van der Waals surface area (Å²) in [7, 11) is 0. The second kappa shape index (κ2) is 5.06. The molecule has 1 heterocycles. The zero-order valence-electron chi connectivity index (χ0n) is 10.7. The molecular weight excluding hydrogens is 304 g/mol. The lowest BCUT2D eigenvalue weighted by atomic mass is 9.90. The quantitative estimate of drug-likeness (QED) is 0.832. The van der Waals surface area contributed by atoms with Crippen LogP contribution in [0.5, 0.6) is 0 Å². The van der Waals surface area contributed by atoms with Gasteiger partial charge in [-0.1, -0.05) is 22.4 Å². The molecule has 0 saturated heterocycles. The molecule has 5 heteroatoms. The Labute approximate surface area is 120 Å². The minimum atomic E-state index is -0.346. The third-order valence-corrected chi connectivity index (χ3v) is 4.14. The van der Waals surface area contributed by atoms with E-state index in [4.69, 9.17) is 5.73 Å². The van der Waals surface area contributed by atoms with E-state index in [0.717, 1.165) is 28.2 Å². The first kappa shape index (κ1) is 12.8. The Morgan fingerprint density at radius 3 is 2.79 bits per heavy atom. The largest absolute Gasteiger partial charge is 0.336 e. The molecule has 4 nitrogen and oxygen atoms in total. The monoisotopic (exact) mass is 320 g/mol. The van der Waals surface area contributed by atoms with Crippen molar-refractivity contribution in [3.8, 4) is 0 Å². The van der Waals surface area contributed by atoms with Gasteiger partial charge in [0.25, 0.3) is 0 Å². The van der Waals surface area contributed by atoms with Gasteiger partial charge in [0.1, 0.15) is 0 Å². The van der Waals surface area contributed by atoms with E-state index in [0.29, 0.717) is 5.95 Å². The summed E-state index contributed by atoms with van der Waals surface area (Å²) in [5.41, 5.74) is 6.95. The van der Waals surface area contributed by atoms with E-state index >= 15 is 0 Å². The van der Waals surface area contributed by atoms with Crippen LogP contribution in [0.25, 0.3) is 10.9 Å². The predicted molar refractivity (Wildman–Crippen MR) is 80.9 cm³/mol. The van der Waals surface area contributed by atoms with Crippen LogP contribution in [0.2, 0.25) is 0 Å². The topological polar surface area (TPSA) is 63.8 Å². The van der Waals surface area contributed by atoms with Crippen LogP contribution in [0.15, 0.2) is 28.9 Å². The van der Waals surface area contributed by atoms with Crippen LogP contribution in [0.4, 0.5) is 5.95 Å². The molecule has 2 aromatic rings. The minimum Gasteiger partial charge on any atom is -0.336 e. The van der Waals surface area contributed by atoms with Gasteiger partial charge in [-0.15, -0.1) is 0 Å². The van der Waals surface area contributed by atoms with Crippen LogP contribution in [-0.2, 0) is 0 Å². The Balaban J connectivity index is 1.87. The number of anilines is 1. The molecule has 0 spiro atoms. The third kappa shape index (κ3) is 2.87. The molecule has 0 radical (unpaired) electrons. The van der Waals surface area contributed by atoms with Gasteiger partial charge in [-0.05, 0) is 43.9 Å². The Morgan fingerprint density at radius 2 is 2.00 bits per heavy atom. The van der Waals surface area contributed by atoms with Crippen LogP contribution in [0.3, 0.4) is 0 Å². The fraction of sp³-hybridized carbons (Fsp3) is 0.429. The number of fused-ring (bicyclic) bond motifs is 1. The van der Waals surface area contributed by atoms with Gasteiger partial charge in [-0.3, -0.25) is 0 Å². The zero-order chi connectivity index (χ0) is 13.3. The van der Waals surface area contributed by atoms with Gasteiger partial charge in [0.2, 0.25) is 5.95 Å². The van der Waals surface area contributed by atoms with Crippen LogP contribution in [0, 0.1) is 0 Å². The molecule has 0 atom stereocenters. The highest BCUT2D eigenvalue weighted by atomic mass is 79.9. The van der Waals surface area contributed by atoms with Crippen molar-refractivity contribution in [1.29, 1.82) is 0 Å². The highest BCUT2D eigenvalue weighted by Gasteiger charge is 2.27. The molecule has 0 aliphatic heterocycles. The highest BCUT2D eigenvalue weighted by molar-refractivity contribution is 9.10. The molecule has 1 aromatic heterocycles. The van der Waals surface area contributed by atoms with E-state index in [1.54, 1.807) is 0 Å². The van der Waals surface area contributed by atoms with Gasteiger partial charge < -0.3 is 11.1 Å². The van der Waals surface area contributed by atoms with E-state index in [-0.39, 0.29) is 5.66 Å². The standard InChI is InChI=1S/C14H17BrN4/c15-11-4-5-12-10(8-11)9-17-13(18-12)19-14(16)6-2-1-3-7-14/h4-5,8-9H,1-3,6-7,16H2,(H,17,18,19). The lowest BCUT2D eigenvalue weighted by Gasteiger charge is -2.34. The summed E-state index contributed by atoms with van der Waals surface area (Å²) in [6.07, 6.45) is 7.41. The van der Waals surface area contributed by atoms with Gasteiger partial charge in [0, 0.05) is 16.1 Å². The summed E-state index contributed by atoms with van der Waals surface area (Å²) in [6, 6.07) is 5.98. The van der Waals surface area contributed by atoms with Crippen LogP contribution in [-0.4, -0.2) is 15.6 Å². The Morgan fingerprint density at radius 1 is 1.21 bits per heavy atom. The first-order valence-corrected chi connectivity index (χ1v) is 7.43. The van der Waals surface area contributed by atoms with E-state index in [9.17, 15) is 0 Å². The number of halogens is 1. The molecule has 3 rings (SSSR count). The van der Waals surface area contributed by atoms with E-state index in [2.05, 4.69) is 31.2 Å². The van der Waals surface area contributed by atoms with E-state index in [1.807, 2.05) is 24.4 Å². The summed E-state index contributed by atoms with van der Waals surface area (Å²) in [5, 5.41) is 4.33. The number of nitrogens with one attached hydrogen (secondary N) is 1. The molecule has 0 amide bonds. The molecule has 0 unspecified atom stereocenters. The smallest absolute Gasteiger partial charge is 0.224 e. The van der Waals surface area contributed by atoms with Crippen LogP contribution >= 0.6 is 15.9 Å². The fourth-order valence-corrected chi connectivity index (χ4v) is 2.97. The normalized spacial score (nSPS) is 18.4. The van der Waals surface area contributed by atoms with Gasteiger partial charge >= 0.3 is 0 Å². The maximum Gasteiger partial charge on any atom is 0.224 e. The number of rotatable bonds is 2. The molecule has 1 aromatic carbocycles. The lowest BCUT2D eigenvalue weighted by molar-refractivity contribution is 0.331. The second-order valence-corrected chi connectivity index (χ2v) is 6.15. The van der Waals surface area contributed by atoms with Crippen molar-refractivity contribution in [3.05, 3.63) is 28.9 Å². The molecule has 3 N–H and O–H groups in total. The van der Waals surface area contributed by atoms with Crippen LogP contribution < -0.4 is 11.1 Å². The molecule has 1 fully saturated rings. The minimum absolute atomic E-state index is 0.346. The van der Waals surface area contributed by atoms with Crippen molar-refractivity contribution in [3.63, 3.8) is 0 Å². The van der Waals surface area contributed by atoms with Gasteiger partial charge in [-0.25, -0.2) is 9.97 Å². The Bertz CT molecular complexity index is 593. The highest BCUT2D eigenvalue weighted by Crippen LogP contribution is 2.27. The Kier molecular flexibility index (Phi) is 3.41. The number of hydrogen-bond donors (Lipinski definition) is 2. The number of benzene rings is 1. The first-order valence-electron chi connectivity index (χ1n) is 6.64. The van der Waals surface area contributed by atoms with E-state index in [1.165, 1.54) is 19.3 Å². The van der Waals surface area contributed by atoms with Crippen molar-refractivity contribution < 1.29 is 0 Å². The summed E-state index contributed by atoms with van der Waals surface area (Å²) in [5.74, 6) is 0.624.